The fourth-order valence-corrected chi connectivity index (χ4v) is 4.06. The number of carbonyl (C=O) groups excluding carboxylic acids is 1. The van der Waals surface area contributed by atoms with E-state index in [1.807, 2.05) is 13.0 Å². The van der Waals surface area contributed by atoms with Crippen LogP contribution in [0.4, 0.5) is 0 Å². The molecule has 1 aliphatic rings. The number of rotatable bonds is 7. The van der Waals surface area contributed by atoms with Gasteiger partial charge >= 0.3 is 11.1 Å². The van der Waals surface area contributed by atoms with Crippen molar-refractivity contribution in [2.24, 2.45) is 5.92 Å². The van der Waals surface area contributed by atoms with Crippen LogP contribution in [0.15, 0.2) is 33.9 Å². The molecule has 2 aromatic rings. The summed E-state index contributed by atoms with van der Waals surface area (Å²) in [7, 11) is 0. The molecule has 1 aromatic carbocycles. The zero-order chi connectivity index (χ0) is 20.1. The van der Waals surface area contributed by atoms with E-state index < -0.39 is 11.1 Å². The third kappa shape index (κ3) is 4.52. The Morgan fingerprint density at radius 3 is 2.50 bits per heavy atom. The quantitative estimate of drug-likeness (QED) is 0.577. The molecule has 3 rings (SSSR count). The second kappa shape index (κ2) is 9.19. The number of nitrogens with one attached hydrogen (secondary N) is 1. The summed E-state index contributed by atoms with van der Waals surface area (Å²) in [5.41, 5.74) is 0.0271. The number of carbonyl (C=O) groups is 1. The van der Waals surface area contributed by atoms with Gasteiger partial charge in [-0.25, -0.2) is 0 Å². The maximum absolute atomic E-state index is 12.5. The van der Waals surface area contributed by atoms with Crippen molar-refractivity contribution in [1.29, 1.82) is 0 Å². The molecule has 1 aromatic heterocycles. The van der Waals surface area contributed by atoms with Gasteiger partial charge in [0, 0.05) is 19.6 Å². The molecular weight excluding hydrogens is 356 g/mol. The highest BCUT2D eigenvalue weighted by Crippen LogP contribution is 2.15. The fourth-order valence-electron chi connectivity index (χ4n) is 4.06. The van der Waals surface area contributed by atoms with Crippen LogP contribution in [0.25, 0.3) is 11.0 Å². The van der Waals surface area contributed by atoms with Crippen molar-refractivity contribution in [3.63, 3.8) is 0 Å². The van der Waals surface area contributed by atoms with Crippen molar-refractivity contribution >= 4 is 16.9 Å². The molecule has 2 heterocycles. The number of benzene rings is 1. The number of fused-ring (bicyclic) bond motifs is 1. The highest BCUT2D eigenvalue weighted by Gasteiger charge is 2.16. The van der Waals surface area contributed by atoms with E-state index in [2.05, 4.69) is 17.1 Å². The van der Waals surface area contributed by atoms with Gasteiger partial charge in [0.2, 0.25) is 5.91 Å². The molecule has 152 valence electrons. The largest absolute Gasteiger partial charge is 0.355 e. The molecule has 0 spiro atoms. The first-order chi connectivity index (χ1) is 13.5. The lowest BCUT2D eigenvalue weighted by molar-refractivity contribution is -0.121. The summed E-state index contributed by atoms with van der Waals surface area (Å²) in [6, 6.07) is 7.20. The van der Waals surface area contributed by atoms with Crippen molar-refractivity contribution in [3.8, 4) is 0 Å². The standard InChI is InChI=1S/C21H30N4O3/c1-3-24-17-9-4-5-10-18(17)25(21(28)20(24)27)15-19(26)22-11-7-13-23-12-6-8-16(2)14-23/h4-5,9-10,16H,3,6-8,11-15H2,1-2H3,(H,22,26). The zero-order valence-corrected chi connectivity index (χ0v) is 16.8. The van der Waals surface area contributed by atoms with Crippen LogP contribution in [0, 0.1) is 5.92 Å². The van der Waals surface area contributed by atoms with E-state index in [0.29, 0.717) is 24.1 Å². The average molecular weight is 386 g/mol. The van der Waals surface area contributed by atoms with Crippen LogP contribution in [0.5, 0.6) is 0 Å². The summed E-state index contributed by atoms with van der Waals surface area (Å²) in [6.07, 6.45) is 3.42. The van der Waals surface area contributed by atoms with Gasteiger partial charge in [0.15, 0.2) is 0 Å². The number of piperidine rings is 1. The predicted molar refractivity (Wildman–Crippen MR) is 111 cm³/mol. The molecule has 0 radical (unpaired) electrons. The van der Waals surface area contributed by atoms with Gasteiger partial charge < -0.3 is 14.8 Å². The minimum absolute atomic E-state index is 0.139. The van der Waals surface area contributed by atoms with Crippen molar-refractivity contribution in [2.75, 3.05) is 26.2 Å². The summed E-state index contributed by atoms with van der Waals surface area (Å²) >= 11 is 0. The Hall–Kier alpha value is -2.41. The molecule has 1 atom stereocenters. The first-order valence-electron chi connectivity index (χ1n) is 10.2. The molecule has 1 aliphatic heterocycles. The molecule has 28 heavy (non-hydrogen) atoms. The maximum Gasteiger partial charge on any atom is 0.317 e. The first-order valence-corrected chi connectivity index (χ1v) is 10.2. The molecule has 7 nitrogen and oxygen atoms in total. The molecular formula is C21H30N4O3. The highest BCUT2D eigenvalue weighted by atomic mass is 16.2. The first kappa shape index (κ1) is 20.3. The molecule has 0 bridgehead atoms. The topological polar surface area (TPSA) is 76.3 Å². The minimum Gasteiger partial charge on any atom is -0.355 e. The molecule has 7 heteroatoms. The second-order valence-corrected chi connectivity index (χ2v) is 7.68. The molecule has 1 saturated heterocycles. The smallest absolute Gasteiger partial charge is 0.317 e. The Labute approximate surface area is 165 Å². The number of amides is 1. The highest BCUT2D eigenvalue weighted by molar-refractivity contribution is 5.80. The van der Waals surface area contributed by atoms with Crippen LogP contribution >= 0.6 is 0 Å². The van der Waals surface area contributed by atoms with Gasteiger partial charge in [-0.05, 0) is 57.3 Å². The van der Waals surface area contributed by atoms with Crippen LogP contribution in [0.1, 0.15) is 33.1 Å². The molecule has 1 amide bonds. The number of para-hydroxylation sites is 2. The average Bonchev–Trinajstić information content (AvgIpc) is 2.69. The van der Waals surface area contributed by atoms with Gasteiger partial charge in [0.05, 0.1) is 11.0 Å². The summed E-state index contributed by atoms with van der Waals surface area (Å²) in [5, 5.41) is 2.89. The van der Waals surface area contributed by atoms with Crippen LogP contribution < -0.4 is 16.4 Å². The number of hydrogen-bond acceptors (Lipinski definition) is 4. The van der Waals surface area contributed by atoms with Crippen molar-refractivity contribution in [3.05, 3.63) is 45.0 Å². The summed E-state index contributed by atoms with van der Waals surface area (Å²) in [5.74, 6) is 0.502. The lowest BCUT2D eigenvalue weighted by Crippen LogP contribution is -2.44. The van der Waals surface area contributed by atoms with E-state index >= 15 is 0 Å². The van der Waals surface area contributed by atoms with E-state index in [1.165, 1.54) is 22.0 Å². The summed E-state index contributed by atoms with van der Waals surface area (Å²) < 4.78 is 2.73. The van der Waals surface area contributed by atoms with E-state index in [4.69, 9.17) is 0 Å². The number of aryl methyl sites for hydroxylation is 1. The van der Waals surface area contributed by atoms with Crippen LogP contribution in [0.3, 0.4) is 0 Å². The van der Waals surface area contributed by atoms with Crippen molar-refractivity contribution in [2.45, 2.75) is 46.2 Å². The van der Waals surface area contributed by atoms with Crippen molar-refractivity contribution in [1.82, 2.24) is 19.4 Å². The van der Waals surface area contributed by atoms with Gasteiger partial charge in [-0.1, -0.05) is 19.1 Å². The van der Waals surface area contributed by atoms with E-state index in [-0.39, 0.29) is 12.5 Å². The van der Waals surface area contributed by atoms with Gasteiger partial charge in [-0.15, -0.1) is 0 Å². The molecule has 1 unspecified atom stereocenters. The molecule has 1 fully saturated rings. The Bertz CT molecular complexity index is 947. The van der Waals surface area contributed by atoms with Crippen LogP contribution in [0.2, 0.25) is 0 Å². The molecule has 1 N–H and O–H groups in total. The van der Waals surface area contributed by atoms with E-state index in [1.54, 1.807) is 18.2 Å². The Morgan fingerprint density at radius 1 is 1.14 bits per heavy atom. The number of nitrogens with zero attached hydrogens (tertiary/aromatic N) is 3. The second-order valence-electron chi connectivity index (χ2n) is 7.68. The number of hydrogen-bond donors (Lipinski definition) is 1. The summed E-state index contributed by atoms with van der Waals surface area (Å²) in [4.78, 5) is 39.7. The van der Waals surface area contributed by atoms with E-state index in [9.17, 15) is 14.4 Å². The molecule has 0 saturated carbocycles. The molecule has 0 aliphatic carbocycles. The van der Waals surface area contributed by atoms with Crippen LogP contribution in [-0.2, 0) is 17.9 Å². The number of likely N-dealkylation sites (tertiary alicyclic amines) is 1. The Kier molecular flexibility index (Phi) is 6.67. The van der Waals surface area contributed by atoms with Crippen molar-refractivity contribution < 1.29 is 4.79 Å². The van der Waals surface area contributed by atoms with Gasteiger partial charge in [-0.3, -0.25) is 19.0 Å². The predicted octanol–water partition coefficient (Wildman–Crippen LogP) is 1.42. The Balaban J connectivity index is 1.63. The van der Waals surface area contributed by atoms with E-state index in [0.717, 1.165) is 32.0 Å². The summed E-state index contributed by atoms with van der Waals surface area (Å²) in [6.45, 7) is 8.19. The fraction of sp³-hybridized carbons (Fsp3) is 0.571. The third-order valence-corrected chi connectivity index (χ3v) is 5.47. The maximum atomic E-state index is 12.5. The van der Waals surface area contributed by atoms with Gasteiger partial charge in [0.25, 0.3) is 0 Å². The lowest BCUT2D eigenvalue weighted by atomic mass is 10.0. The van der Waals surface area contributed by atoms with Crippen LogP contribution in [-0.4, -0.2) is 46.1 Å². The SMILES string of the molecule is CCn1c(=O)c(=O)n(CC(=O)NCCCN2CCCC(C)C2)c2ccccc21. The zero-order valence-electron chi connectivity index (χ0n) is 16.8. The monoisotopic (exact) mass is 386 g/mol. The van der Waals surface area contributed by atoms with Gasteiger partial charge in [-0.2, -0.15) is 0 Å². The van der Waals surface area contributed by atoms with Gasteiger partial charge in [0.1, 0.15) is 6.54 Å². The third-order valence-electron chi connectivity index (χ3n) is 5.47. The normalized spacial score (nSPS) is 17.7. The Morgan fingerprint density at radius 2 is 1.82 bits per heavy atom. The lowest BCUT2D eigenvalue weighted by Gasteiger charge is -2.30. The minimum atomic E-state index is -0.655. The number of aromatic nitrogens is 2.